The number of anilines is 1. The lowest BCUT2D eigenvalue weighted by Gasteiger charge is -2.04. The fraction of sp³-hybridized carbons (Fsp3) is 0.214. The molecule has 1 aromatic carbocycles. The maximum absolute atomic E-state index is 13.1. The highest BCUT2D eigenvalue weighted by Gasteiger charge is 2.32. The molecule has 0 spiro atoms. The number of hydrogen-bond donors (Lipinski definition) is 2. The number of nitrogens with two attached hydrogens (primary N) is 1. The molecule has 4 rings (SSSR count). The summed E-state index contributed by atoms with van der Waals surface area (Å²) < 4.78 is 38.8. The van der Waals surface area contributed by atoms with Crippen molar-refractivity contribution in [3.8, 4) is 11.5 Å². The Balaban J connectivity index is 1.89. The zero-order chi connectivity index (χ0) is 18.5. The van der Waals surface area contributed by atoms with Crippen LogP contribution >= 0.6 is 31.9 Å². The van der Waals surface area contributed by atoms with Gasteiger partial charge in [-0.3, -0.25) is 0 Å². The quantitative estimate of drug-likeness (QED) is 0.407. The average Bonchev–Trinajstić information content (AvgIpc) is 3.24. The third kappa shape index (κ3) is 2.72. The highest BCUT2D eigenvalue weighted by atomic mass is 79.9. The molecule has 2 aromatic heterocycles. The summed E-state index contributed by atoms with van der Waals surface area (Å²) in [5, 5.41) is 0.427. The smallest absolute Gasteiger partial charge is 0.305 e. The van der Waals surface area contributed by atoms with Crippen molar-refractivity contribution in [1.29, 1.82) is 0 Å². The third-order valence-electron chi connectivity index (χ3n) is 3.82. The molecule has 0 bridgehead atoms. The van der Waals surface area contributed by atoms with Gasteiger partial charge >= 0.3 is 5.16 Å². The molecule has 0 fully saturated rings. The Morgan fingerprint density at radius 1 is 1.31 bits per heavy atom. The van der Waals surface area contributed by atoms with Crippen molar-refractivity contribution in [2.75, 3.05) is 17.9 Å². The van der Waals surface area contributed by atoms with Crippen LogP contribution in [0.15, 0.2) is 33.0 Å². The van der Waals surface area contributed by atoms with Gasteiger partial charge in [0.05, 0.1) is 11.4 Å². The van der Waals surface area contributed by atoms with E-state index in [1.807, 2.05) is 0 Å². The lowest BCUT2D eigenvalue weighted by atomic mass is 10.3. The fourth-order valence-electron chi connectivity index (χ4n) is 2.57. The maximum Gasteiger partial charge on any atom is 0.305 e. The summed E-state index contributed by atoms with van der Waals surface area (Å²) in [6, 6.07) is 2.96. The molecule has 0 aliphatic carbocycles. The Kier molecular flexibility index (Phi) is 4.28. The van der Waals surface area contributed by atoms with Crippen LogP contribution in [-0.4, -0.2) is 35.5 Å². The minimum absolute atomic E-state index is 0.0133. The van der Waals surface area contributed by atoms with Gasteiger partial charge in [-0.15, -0.1) is 0 Å². The summed E-state index contributed by atoms with van der Waals surface area (Å²) in [6.45, 7) is 0.604. The van der Waals surface area contributed by atoms with Gasteiger partial charge in [0.15, 0.2) is 17.0 Å². The number of sulfone groups is 1. The van der Waals surface area contributed by atoms with Crippen molar-refractivity contribution in [1.82, 2.24) is 15.0 Å². The van der Waals surface area contributed by atoms with Crippen LogP contribution in [0.1, 0.15) is 0 Å². The van der Waals surface area contributed by atoms with Crippen molar-refractivity contribution < 1.29 is 22.5 Å². The molecule has 136 valence electrons. The van der Waals surface area contributed by atoms with E-state index >= 15 is 0 Å². The van der Waals surface area contributed by atoms with Crippen LogP contribution in [0, 0.1) is 0 Å². The number of fused-ring (bicyclic) bond motifs is 2. The lowest BCUT2D eigenvalue weighted by Crippen LogP contribution is -2.36. The van der Waals surface area contributed by atoms with Gasteiger partial charge < -0.3 is 20.2 Å². The maximum atomic E-state index is 13.1. The first-order valence-electron chi connectivity index (χ1n) is 7.35. The van der Waals surface area contributed by atoms with Crippen molar-refractivity contribution in [2.45, 2.75) is 16.6 Å². The summed E-state index contributed by atoms with van der Waals surface area (Å²) in [4.78, 5) is 11.1. The second kappa shape index (κ2) is 6.35. The molecule has 0 radical (unpaired) electrons. The second-order valence-electron chi connectivity index (χ2n) is 5.39. The molecule has 3 aromatic rings. The van der Waals surface area contributed by atoms with Crippen molar-refractivity contribution in [2.24, 2.45) is 0 Å². The summed E-state index contributed by atoms with van der Waals surface area (Å²) in [5.74, 6) is 1.01. The number of aryl methyl sites for hydroxylation is 1. The number of nitrogens with zero attached hydrogens (tertiary/aromatic N) is 3. The highest BCUT2D eigenvalue weighted by Crippen LogP contribution is 2.40. The van der Waals surface area contributed by atoms with Crippen LogP contribution in [0.25, 0.3) is 11.2 Å². The van der Waals surface area contributed by atoms with E-state index in [0.29, 0.717) is 39.0 Å². The van der Waals surface area contributed by atoms with E-state index < -0.39 is 9.84 Å². The fourth-order valence-corrected chi connectivity index (χ4v) is 5.14. The Morgan fingerprint density at radius 3 is 2.77 bits per heavy atom. The van der Waals surface area contributed by atoms with Crippen molar-refractivity contribution in [3.63, 3.8) is 0 Å². The lowest BCUT2D eigenvalue weighted by molar-refractivity contribution is -0.671. The monoisotopic (exact) mass is 504 g/mol. The normalized spacial score (nSPS) is 13.5. The number of nitrogen functional groups attached to an aromatic ring is 1. The van der Waals surface area contributed by atoms with Crippen LogP contribution in [0.3, 0.4) is 0 Å². The Bertz CT molecular complexity index is 1130. The highest BCUT2D eigenvalue weighted by molar-refractivity contribution is 9.10. The molecule has 0 atom stereocenters. The van der Waals surface area contributed by atoms with Crippen LogP contribution < -0.4 is 19.8 Å². The van der Waals surface area contributed by atoms with Crippen LogP contribution in [0.5, 0.6) is 11.5 Å². The molecule has 0 saturated heterocycles. The number of nitrogens with one attached hydrogen (secondary N) is 1. The molecule has 1 aliphatic rings. The zero-order valence-corrected chi connectivity index (χ0v) is 17.1. The van der Waals surface area contributed by atoms with Gasteiger partial charge in [-0.1, -0.05) is 25.9 Å². The molecule has 12 heteroatoms. The first-order valence-corrected chi connectivity index (χ1v) is 10.8. The van der Waals surface area contributed by atoms with E-state index in [0.717, 1.165) is 0 Å². The van der Waals surface area contributed by atoms with E-state index in [2.05, 4.69) is 46.8 Å². The molecule has 1 aliphatic heterocycles. The number of aromatic nitrogens is 4. The SMILES string of the molecule is Nc1nc[n+](CCBr)c2nc(S(=O)(=O)c3cc4c(cc3Br)OCO4)[nH]c12. The second-order valence-corrected chi connectivity index (χ2v) is 8.87. The molecular formula is C14H12Br2N5O4S+. The largest absolute Gasteiger partial charge is 0.454 e. The van der Waals surface area contributed by atoms with Gasteiger partial charge in [0, 0.05) is 15.9 Å². The van der Waals surface area contributed by atoms with Crippen molar-refractivity contribution in [3.05, 3.63) is 22.9 Å². The number of imidazole rings is 1. The molecule has 9 nitrogen and oxygen atoms in total. The first kappa shape index (κ1) is 17.5. The minimum atomic E-state index is -3.96. The topological polar surface area (TPSA) is 124 Å². The molecule has 3 N–H and O–H groups in total. The molecular weight excluding hydrogens is 494 g/mol. The number of alkyl halides is 1. The number of halogens is 2. The van der Waals surface area contributed by atoms with E-state index in [1.54, 1.807) is 10.6 Å². The van der Waals surface area contributed by atoms with Gasteiger partial charge in [0.25, 0.3) is 15.5 Å². The number of aromatic amines is 1. The average molecular weight is 506 g/mol. The molecule has 26 heavy (non-hydrogen) atoms. The van der Waals surface area contributed by atoms with E-state index in [-0.39, 0.29) is 22.7 Å². The standard InChI is InChI=1S/C14H11Br2N5O4S/c15-1-2-21-5-18-12(17)11-13(21)20-14(19-11)26(22,23)10-4-9-8(3-7(10)16)24-6-25-9/h3-5H,1-2,6H2,(H2,17,19,20)/p+1. The van der Waals surface area contributed by atoms with Gasteiger partial charge in [-0.25, -0.2) is 13.0 Å². The van der Waals surface area contributed by atoms with Gasteiger partial charge in [0.1, 0.15) is 0 Å². The summed E-state index contributed by atoms with van der Waals surface area (Å²) >= 11 is 6.62. The minimum Gasteiger partial charge on any atom is -0.454 e. The first-order chi connectivity index (χ1) is 12.4. The van der Waals surface area contributed by atoms with Gasteiger partial charge in [-0.05, 0) is 22.0 Å². The van der Waals surface area contributed by atoms with Crippen LogP contribution in [0.4, 0.5) is 5.82 Å². The third-order valence-corrected chi connectivity index (χ3v) is 6.72. The van der Waals surface area contributed by atoms with Gasteiger partial charge in [-0.2, -0.15) is 0 Å². The Labute approximate surface area is 164 Å². The Hall–Kier alpha value is -1.92. The van der Waals surface area contributed by atoms with E-state index in [1.165, 1.54) is 12.4 Å². The van der Waals surface area contributed by atoms with E-state index in [9.17, 15) is 8.42 Å². The van der Waals surface area contributed by atoms with Gasteiger partial charge in [0.2, 0.25) is 18.9 Å². The molecule has 0 saturated carbocycles. The number of H-pyrrole nitrogens is 1. The Morgan fingerprint density at radius 2 is 2.04 bits per heavy atom. The molecule has 0 unspecified atom stereocenters. The number of benzene rings is 1. The summed E-state index contributed by atoms with van der Waals surface area (Å²) in [6.07, 6.45) is 1.52. The molecule has 0 amide bonds. The predicted molar refractivity (Wildman–Crippen MR) is 98.0 cm³/mol. The zero-order valence-electron chi connectivity index (χ0n) is 13.1. The summed E-state index contributed by atoms with van der Waals surface area (Å²) in [5.41, 5.74) is 6.65. The predicted octanol–water partition coefficient (Wildman–Crippen LogP) is 1.55. The van der Waals surface area contributed by atoms with E-state index in [4.69, 9.17) is 15.2 Å². The number of hydrogen-bond acceptors (Lipinski definition) is 7. The molecule has 3 heterocycles. The van der Waals surface area contributed by atoms with Crippen LogP contribution in [-0.2, 0) is 16.4 Å². The van der Waals surface area contributed by atoms with Crippen molar-refractivity contribution >= 4 is 58.7 Å². The number of ether oxygens (including phenoxy) is 2. The number of rotatable bonds is 4. The summed E-state index contributed by atoms with van der Waals surface area (Å²) in [7, 11) is -3.96. The van der Waals surface area contributed by atoms with Crippen LogP contribution in [0.2, 0.25) is 0 Å².